The van der Waals surface area contributed by atoms with Crippen molar-refractivity contribution in [3.05, 3.63) is 53.6 Å². The molecule has 0 saturated carbocycles. The van der Waals surface area contributed by atoms with Gasteiger partial charge in [0.05, 0.1) is 19.8 Å². The summed E-state index contributed by atoms with van der Waals surface area (Å²) < 4.78 is 10.7. The Bertz CT molecular complexity index is 963. The van der Waals surface area contributed by atoms with Crippen LogP contribution < -0.4 is 20.5 Å². The van der Waals surface area contributed by atoms with Crippen LogP contribution in [0.2, 0.25) is 0 Å². The summed E-state index contributed by atoms with van der Waals surface area (Å²) in [6.07, 6.45) is 4.80. The van der Waals surface area contributed by atoms with Crippen molar-refractivity contribution in [3.8, 4) is 11.5 Å². The van der Waals surface area contributed by atoms with Crippen molar-refractivity contribution in [2.24, 2.45) is 11.7 Å². The molecule has 4 rings (SSSR count). The Morgan fingerprint density at radius 1 is 1.06 bits per heavy atom. The zero-order valence-electron chi connectivity index (χ0n) is 18.0. The number of nitrogens with one attached hydrogen (secondary N) is 1. The number of para-hydroxylation sites is 1. The fourth-order valence-electron chi connectivity index (χ4n) is 5.17. The molecule has 0 aromatic heterocycles. The first-order valence-corrected chi connectivity index (χ1v) is 10.7. The average Bonchev–Trinajstić information content (AvgIpc) is 3.04. The van der Waals surface area contributed by atoms with E-state index in [1.54, 1.807) is 32.4 Å². The van der Waals surface area contributed by atoms with Gasteiger partial charge in [-0.3, -0.25) is 4.79 Å². The van der Waals surface area contributed by atoms with Crippen LogP contribution >= 0.6 is 0 Å². The first-order chi connectivity index (χ1) is 15.0. The number of nitrogens with two attached hydrogens (primary N) is 1. The van der Waals surface area contributed by atoms with Gasteiger partial charge in [-0.2, -0.15) is 0 Å². The summed E-state index contributed by atoms with van der Waals surface area (Å²) in [5.74, 6) is 1.69. The van der Waals surface area contributed by atoms with E-state index < -0.39 is 6.03 Å². The van der Waals surface area contributed by atoms with Gasteiger partial charge in [0.1, 0.15) is 11.5 Å². The Morgan fingerprint density at radius 2 is 1.77 bits per heavy atom. The van der Waals surface area contributed by atoms with Crippen LogP contribution in [-0.4, -0.2) is 43.1 Å². The molecule has 2 aliphatic rings. The summed E-state index contributed by atoms with van der Waals surface area (Å²) in [6.45, 7) is 0. The number of carbonyl (C=O) groups excluding carboxylic acids is 2. The molecule has 3 amide bonds. The highest BCUT2D eigenvalue weighted by Crippen LogP contribution is 2.42. The predicted molar refractivity (Wildman–Crippen MR) is 119 cm³/mol. The highest BCUT2D eigenvalue weighted by atomic mass is 16.5. The Morgan fingerprint density at radius 3 is 2.42 bits per heavy atom. The summed E-state index contributed by atoms with van der Waals surface area (Å²) >= 11 is 0. The summed E-state index contributed by atoms with van der Waals surface area (Å²) in [5.41, 5.74) is 7.75. The molecule has 2 atom stereocenters. The maximum absolute atomic E-state index is 13.4. The fourth-order valence-corrected chi connectivity index (χ4v) is 5.17. The molecule has 2 bridgehead atoms. The number of benzene rings is 2. The van der Waals surface area contributed by atoms with Crippen molar-refractivity contribution in [1.29, 1.82) is 0 Å². The SMILES string of the molecule is COc1ccc(C(=O)N2C3CCC2CC(Cc2ccccc2NC(N)=O)C3)c(OC)c1. The lowest BCUT2D eigenvalue weighted by molar-refractivity contribution is 0.0521. The van der Waals surface area contributed by atoms with Crippen LogP contribution in [0, 0.1) is 5.92 Å². The molecule has 2 unspecified atom stereocenters. The molecule has 2 heterocycles. The van der Waals surface area contributed by atoms with Crippen LogP contribution in [0.4, 0.5) is 10.5 Å². The van der Waals surface area contributed by atoms with Gasteiger partial charge in [-0.1, -0.05) is 18.2 Å². The topological polar surface area (TPSA) is 93.9 Å². The molecule has 7 heteroatoms. The van der Waals surface area contributed by atoms with Crippen LogP contribution in [0.5, 0.6) is 11.5 Å². The second kappa shape index (κ2) is 8.88. The van der Waals surface area contributed by atoms with Gasteiger partial charge in [-0.05, 0) is 61.8 Å². The van der Waals surface area contributed by atoms with Crippen LogP contribution in [0.1, 0.15) is 41.6 Å². The van der Waals surface area contributed by atoms with Gasteiger partial charge in [0.2, 0.25) is 0 Å². The number of primary amides is 1. The molecule has 0 radical (unpaired) electrons. The van der Waals surface area contributed by atoms with Gasteiger partial charge in [0.15, 0.2) is 0 Å². The smallest absolute Gasteiger partial charge is 0.316 e. The van der Waals surface area contributed by atoms with E-state index in [1.165, 1.54) is 0 Å². The number of anilines is 1. The zero-order valence-corrected chi connectivity index (χ0v) is 18.0. The Balaban J connectivity index is 1.49. The van der Waals surface area contributed by atoms with Crippen LogP contribution in [0.25, 0.3) is 0 Å². The lowest BCUT2D eigenvalue weighted by atomic mass is 9.85. The van der Waals surface area contributed by atoms with E-state index in [9.17, 15) is 9.59 Å². The van der Waals surface area contributed by atoms with Crippen LogP contribution in [0.15, 0.2) is 42.5 Å². The number of rotatable bonds is 6. The molecule has 31 heavy (non-hydrogen) atoms. The van der Waals surface area contributed by atoms with Crippen molar-refractivity contribution in [3.63, 3.8) is 0 Å². The van der Waals surface area contributed by atoms with Gasteiger partial charge in [-0.25, -0.2) is 4.79 Å². The molecule has 2 aromatic carbocycles. The minimum Gasteiger partial charge on any atom is -0.497 e. The number of hydrogen-bond donors (Lipinski definition) is 2. The number of carbonyl (C=O) groups is 2. The maximum atomic E-state index is 13.4. The molecular weight excluding hydrogens is 394 g/mol. The molecule has 2 saturated heterocycles. The normalized spacial score (nSPS) is 22.1. The van der Waals surface area contributed by atoms with Crippen molar-refractivity contribution >= 4 is 17.6 Å². The van der Waals surface area contributed by atoms with E-state index in [4.69, 9.17) is 15.2 Å². The van der Waals surface area contributed by atoms with Crippen molar-refractivity contribution in [2.45, 2.75) is 44.2 Å². The number of ether oxygens (including phenoxy) is 2. The van der Waals surface area contributed by atoms with E-state index in [1.807, 2.05) is 24.3 Å². The van der Waals surface area contributed by atoms with Gasteiger partial charge in [-0.15, -0.1) is 0 Å². The molecular formula is C24H29N3O4. The lowest BCUT2D eigenvalue weighted by Crippen LogP contribution is -2.47. The van der Waals surface area contributed by atoms with Crippen molar-refractivity contribution in [1.82, 2.24) is 4.90 Å². The van der Waals surface area contributed by atoms with Crippen molar-refractivity contribution < 1.29 is 19.1 Å². The monoisotopic (exact) mass is 423 g/mol. The standard InChI is InChI=1S/C24H29N3O4/c1-30-19-9-10-20(22(14-19)31-2)23(28)27-17-7-8-18(27)13-15(12-17)11-16-5-3-4-6-21(16)26-24(25)29/h3-6,9-10,14-15,17-18H,7-8,11-13H2,1-2H3,(H3,25,26,29). The molecule has 2 aliphatic heterocycles. The summed E-state index contributed by atoms with van der Waals surface area (Å²) in [5, 5.41) is 2.72. The number of urea groups is 1. The van der Waals surface area contributed by atoms with E-state index >= 15 is 0 Å². The molecule has 2 fully saturated rings. The number of amides is 3. The predicted octanol–water partition coefficient (Wildman–Crippen LogP) is 3.82. The van der Waals surface area contributed by atoms with Gasteiger partial charge in [0, 0.05) is 23.8 Å². The second-order valence-corrected chi connectivity index (χ2v) is 8.35. The fraction of sp³-hybridized carbons (Fsp3) is 0.417. The zero-order chi connectivity index (χ0) is 22.0. The first kappa shape index (κ1) is 21.0. The number of piperidine rings is 1. The Hall–Kier alpha value is -3.22. The van der Waals surface area contributed by atoms with Crippen LogP contribution in [0.3, 0.4) is 0 Å². The summed E-state index contributed by atoms with van der Waals surface area (Å²) in [7, 11) is 3.17. The number of nitrogens with zero attached hydrogens (tertiary/aromatic N) is 1. The molecule has 0 spiro atoms. The third-order valence-corrected chi connectivity index (χ3v) is 6.49. The highest BCUT2D eigenvalue weighted by molar-refractivity contribution is 5.98. The average molecular weight is 424 g/mol. The lowest BCUT2D eigenvalue weighted by Gasteiger charge is -2.39. The third kappa shape index (κ3) is 4.31. The first-order valence-electron chi connectivity index (χ1n) is 10.7. The molecule has 164 valence electrons. The third-order valence-electron chi connectivity index (χ3n) is 6.49. The minimum absolute atomic E-state index is 0.0289. The molecule has 3 N–H and O–H groups in total. The van der Waals surface area contributed by atoms with Crippen molar-refractivity contribution in [2.75, 3.05) is 19.5 Å². The molecule has 0 aliphatic carbocycles. The van der Waals surface area contributed by atoms with E-state index in [0.717, 1.165) is 43.4 Å². The molecule has 7 nitrogen and oxygen atoms in total. The van der Waals surface area contributed by atoms with Gasteiger partial charge < -0.3 is 25.4 Å². The maximum Gasteiger partial charge on any atom is 0.316 e. The number of methoxy groups -OCH3 is 2. The Labute approximate surface area is 182 Å². The number of fused-ring (bicyclic) bond motifs is 2. The minimum atomic E-state index is -0.554. The van der Waals surface area contributed by atoms with E-state index in [-0.39, 0.29) is 18.0 Å². The van der Waals surface area contributed by atoms with E-state index in [2.05, 4.69) is 10.2 Å². The van der Waals surface area contributed by atoms with Gasteiger partial charge in [0.25, 0.3) is 5.91 Å². The number of hydrogen-bond acceptors (Lipinski definition) is 4. The summed E-state index contributed by atoms with van der Waals surface area (Å²) in [4.78, 5) is 26.8. The largest absolute Gasteiger partial charge is 0.497 e. The summed E-state index contributed by atoms with van der Waals surface area (Å²) in [6, 6.07) is 13.0. The molecule has 2 aromatic rings. The van der Waals surface area contributed by atoms with Gasteiger partial charge >= 0.3 is 6.03 Å². The van der Waals surface area contributed by atoms with E-state index in [0.29, 0.717) is 23.0 Å². The Kier molecular flexibility index (Phi) is 6.02. The highest BCUT2D eigenvalue weighted by Gasteiger charge is 2.43. The second-order valence-electron chi connectivity index (χ2n) is 8.35. The van der Waals surface area contributed by atoms with Crippen LogP contribution in [-0.2, 0) is 6.42 Å². The quantitative estimate of drug-likeness (QED) is 0.739.